The molecule has 0 fully saturated rings. The molecule has 3 nitrogen and oxygen atoms in total. The summed E-state index contributed by atoms with van der Waals surface area (Å²) in [4.78, 5) is 0. The van der Waals surface area contributed by atoms with Gasteiger partial charge in [0.25, 0.3) is 0 Å². The van der Waals surface area contributed by atoms with Gasteiger partial charge in [-0.3, -0.25) is 0 Å². The molecule has 82 valence electrons. The summed E-state index contributed by atoms with van der Waals surface area (Å²) in [5, 5.41) is 0. The largest absolute Gasteiger partial charge is 0.250 e. The lowest BCUT2D eigenvalue weighted by atomic mass is 10.4. The van der Waals surface area contributed by atoms with Gasteiger partial charge in [0.15, 0.2) is 0 Å². The summed E-state index contributed by atoms with van der Waals surface area (Å²) in [5.74, 6) is 2.36. The molecule has 6 heteroatoms. The second kappa shape index (κ2) is 4.99. The van der Waals surface area contributed by atoms with Gasteiger partial charge in [-0.2, -0.15) is 0 Å². The highest BCUT2D eigenvalue weighted by Gasteiger charge is 2.17. The second-order valence-electron chi connectivity index (χ2n) is 2.87. The summed E-state index contributed by atoms with van der Waals surface area (Å²) in [6.07, 6.45) is 5.39. The summed E-state index contributed by atoms with van der Waals surface area (Å²) >= 11 is 6.83. The van der Waals surface area contributed by atoms with Crippen molar-refractivity contribution in [1.82, 2.24) is 4.72 Å². The van der Waals surface area contributed by atoms with Crippen LogP contribution in [0.2, 0.25) is 4.34 Å². The Hall–Kier alpha value is -0.540. The normalized spacial score (nSPS) is 11.3. The monoisotopic (exact) mass is 263 g/mol. The van der Waals surface area contributed by atoms with Gasteiger partial charge in [0, 0.05) is 13.0 Å². The van der Waals surface area contributed by atoms with Crippen molar-refractivity contribution < 1.29 is 8.42 Å². The first-order valence-corrected chi connectivity index (χ1v) is 6.84. The molecule has 0 aliphatic carbocycles. The van der Waals surface area contributed by atoms with Crippen molar-refractivity contribution in [3.8, 4) is 12.3 Å². The predicted octanol–water partition coefficient (Wildman–Crippen LogP) is 2.01. The molecule has 0 atom stereocenters. The zero-order valence-electron chi connectivity index (χ0n) is 8.08. The van der Waals surface area contributed by atoms with Crippen molar-refractivity contribution in [3.05, 3.63) is 16.0 Å². The van der Waals surface area contributed by atoms with Crippen molar-refractivity contribution in [2.24, 2.45) is 0 Å². The van der Waals surface area contributed by atoms with Crippen LogP contribution >= 0.6 is 22.9 Å². The number of hydrogen-bond donors (Lipinski definition) is 1. The number of rotatable bonds is 4. The molecule has 0 aliphatic heterocycles. The standard InChI is InChI=1S/C9H10ClNO2S2/c1-3-4-5-11-15(12,13)8-6-7(2)9(10)14-8/h1,6,11H,4-5H2,2H3. The average Bonchev–Trinajstić information content (AvgIpc) is 2.48. The van der Waals surface area contributed by atoms with E-state index in [2.05, 4.69) is 10.6 Å². The van der Waals surface area contributed by atoms with Gasteiger partial charge in [0.1, 0.15) is 4.21 Å². The molecule has 0 radical (unpaired) electrons. The molecule has 0 aromatic carbocycles. The van der Waals surface area contributed by atoms with E-state index in [1.54, 1.807) is 13.0 Å². The van der Waals surface area contributed by atoms with E-state index < -0.39 is 10.0 Å². The van der Waals surface area contributed by atoms with E-state index in [1.165, 1.54) is 0 Å². The zero-order valence-corrected chi connectivity index (χ0v) is 10.5. The minimum absolute atomic E-state index is 0.224. The van der Waals surface area contributed by atoms with E-state index in [4.69, 9.17) is 18.0 Å². The molecule has 1 N–H and O–H groups in total. The topological polar surface area (TPSA) is 46.2 Å². The van der Waals surface area contributed by atoms with E-state index in [1.807, 2.05) is 0 Å². The Morgan fingerprint density at radius 1 is 1.67 bits per heavy atom. The minimum atomic E-state index is -3.45. The van der Waals surface area contributed by atoms with E-state index in [0.717, 1.165) is 16.9 Å². The first-order valence-electron chi connectivity index (χ1n) is 4.16. The van der Waals surface area contributed by atoms with Crippen LogP contribution in [0, 0.1) is 19.3 Å². The quantitative estimate of drug-likeness (QED) is 0.667. The maximum Gasteiger partial charge on any atom is 0.250 e. The molecule has 1 aromatic heterocycles. The fourth-order valence-corrected chi connectivity index (χ4v) is 3.68. The SMILES string of the molecule is C#CCCNS(=O)(=O)c1cc(C)c(Cl)s1. The lowest BCUT2D eigenvalue weighted by Crippen LogP contribution is -2.23. The van der Waals surface area contributed by atoms with Crippen molar-refractivity contribution in [1.29, 1.82) is 0 Å². The Morgan fingerprint density at radius 2 is 2.33 bits per heavy atom. The van der Waals surface area contributed by atoms with Crippen molar-refractivity contribution in [2.75, 3.05) is 6.54 Å². The number of halogens is 1. The maximum absolute atomic E-state index is 11.6. The van der Waals surface area contributed by atoms with Crippen LogP contribution < -0.4 is 4.72 Å². The summed E-state index contributed by atoms with van der Waals surface area (Å²) < 4.78 is 26.4. The number of sulfonamides is 1. The highest BCUT2D eigenvalue weighted by molar-refractivity contribution is 7.91. The molecule has 15 heavy (non-hydrogen) atoms. The maximum atomic E-state index is 11.6. The van der Waals surface area contributed by atoms with E-state index >= 15 is 0 Å². The lowest BCUT2D eigenvalue weighted by molar-refractivity contribution is 0.584. The Labute approximate surface area is 98.5 Å². The van der Waals surface area contributed by atoms with E-state index in [0.29, 0.717) is 10.8 Å². The molecule has 0 bridgehead atoms. The molecule has 0 unspecified atom stereocenters. The van der Waals surface area contributed by atoms with Gasteiger partial charge in [0.05, 0.1) is 4.34 Å². The first kappa shape index (κ1) is 12.5. The van der Waals surface area contributed by atoms with Gasteiger partial charge < -0.3 is 0 Å². The molecule has 1 rings (SSSR count). The van der Waals surface area contributed by atoms with Gasteiger partial charge in [-0.05, 0) is 18.6 Å². The Morgan fingerprint density at radius 3 is 2.80 bits per heavy atom. The van der Waals surface area contributed by atoms with Gasteiger partial charge in [0.2, 0.25) is 10.0 Å². The second-order valence-corrected chi connectivity index (χ2v) is 6.52. The molecule has 0 amide bonds. The van der Waals surface area contributed by atoms with Gasteiger partial charge in [-0.15, -0.1) is 23.7 Å². The molecular formula is C9H10ClNO2S2. The number of thiophene rings is 1. The average molecular weight is 264 g/mol. The van der Waals surface area contributed by atoms with Crippen LogP contribution in [0.5, 0.6) is 0 Å². The summed E-state index contributed by atoms with van der Waals surface area (Å²) in [5.41, 5.74) is 0.763. The van der Waals surface area contributed by atoms with Crippen LogP contribution in [0.1, 0.15) is 12.0 Å². The van der Waals surface area contributed by atoms with Crippen molar-refractivity contribution >= 4 is 33.0 Å². The Kier molecular flexibility index (Phi) is 4.17. The molecule has 0 saturated carbocycles. The number of nitrogens with one attached hydrogen (secondary N) is 1. The fourth-order valence-electron chi connectivity index (χ4n) is 0.893. The van der Waals surface area contributed by atoms with E-state index in [9.17, 15) is 8.42 Å². The number of terminal acetylenes is 1. The predicted molar refractivity (Wildman–Crippen MR) is 62.7 cm³/mol. The van der Waals surface area contributed by atoms with Gasteiger partial charge in [-0.1, -0.05) is 11.6 Å². The third kappa shape index (κ3) is 3.21. The minimum Gasteiger partial charge on any atom is -0.209 e. The first-order chi connectivity index (χ1) is 6.97. The van der Waals surface area contributed by atoms with E-state index in [-0.39, 0.29) is 10.8 Å². The summed E-state index contributed by atoms with van der Waals surface area (Å²) in [7, 11) is -3.45. The summed E-state index contributed by atoms with van der Waals surface area (Å²) in [6, 6.07) is 1.55. The van der Waals surface area contributed by atoms with Crippen LogP contribution in [0.15, 0.2) is 10.3 Å². The molecular weight excluding hydrogens is 254 g/mol. The zero-order chi connectivity index (χ0) is 11.5. The fraction of sp³-hybridized carbons (Fsp3) is 0.333. The van der Waals surface area contributed by atoms with Crippen molar-refractivity contribution in [2.45, 2.75) is 17.6 Å². The van der Waals surface area contributed by atoms with Gasteiger partial charge in [-0.25, -0.2) is 13.1 Å². The van der Waals surface area contributed by atoms with Crippen molar-refractivity contribution in [3.63, 3.8) is 0 Å². The lowest BCUT2D eigenvalue weighted by Gasteiger charge is -2.01. The number of hydrogen-bond acceptors (Lipinski definition) is 3. The third-order valence-corrected chi connectivity index (χ3v) is 5.15. The highest BCUT2D eigenvalue weighted by atomic mass is 35.5. The van der Waals surface area contributed by atoms with Gasteiger partial charge >= 0.3 is 0 Å². The molecule has 1 aromatic rings. The summed E-state index contributed by atoms with van der Waals surface area (Å²) in [6.45, 7) is 2.01. The van der Waals surface area contributed by atoms with Crippen LogP contribution in [0.4, 0.5) is 0 Å². The Balaban J connectivity index is 2.83. The molecule has 1 heterocycles. The van der Waals surface area contributed by atoms with Crippen LogP contribution in [-0.4, -0.2) is 15.0 Å². The molecule has 0 aliphatic rings. The smallest absolute Gasteiger partial charge is 0.209 e. The van der Waals surface area contributed by atoms with Crippen LogP contribution in [0.3, 0.4) is 0 Å². The highest BCUT2D eigenvalue weighted by Crippen LogP contribution is 2.29. The third-order valence-electron chi connectivity index (χ3n) is 1.66. The number of aryl methyl sites for hydroxylation is 1. The molecule has 0 saturated heterocycles. The van der Waals surface area contributed by atoms with Crippen LogP contribution in [0.25, 0.3) is 0 Å². The van der Waals surface area contributed by atoms with Crippen LogP contribution in [-0.2, 0) is 10.0 Å². The molecule has 0 spiro atoms. The Bertz CT molecular complexity index is 465.